The highest BCUT2D eigenvalue weighted by Gasteiger charge is 2.41. The van der Waals surface area contributed by atoms with E-state index in [1.54, 1.807) is 0 Å². The van der Waals surface area contributed by atoms with Gasteiger partial charge in [-0.25, -0.2) is 4.79 Å². The molecule has 0 radical (unpaired) electrons. The third kappa shape index (κ3) is 2.79. The van der Waals surface area contributed by atoms with Gasteiger partial charge in [0.15, 0.2) is 5.69 Å². The van der Waals surface area contributed by atoms with Crippen LogP contribution in [0.2, 0.25) is 0 Å². The van der Waals surface area contributed by atoms with Gasteiger partial charge in [0, 0.05) is 0 Å². The molecule has 0 atom stereocenters. The Kier molecular flexibility index (Phi) is 3.36. The zero-order valence-electron chi connectivity index (χ0n) is 9.33. The van der Waals surface area contributed by atoms with Crippen LogP contribution in [-0.4, -0.2) is 27.7 Å². The van der Waals surface area contributed by atoms with E-state index in [1.165, 1.54) is 0 Å². The van der Waals surface area contributed by atoms with Crippen LogP contribution in [0.15, 0.2) is 10.8 Å². The van der Waals surface area contributed by atoms with E-state index in [0.29, 0.717) is 6.26 Å². The lowest BCUT2D eigenvalue weighted by Crippen LogP contribution is -2.49. The van der Waals surface area contributed by atoms with Crippen LogP contribution >= 0.6 is 0 Å². The zero-order valence-corrected chi connectivity index (χ0v) is 9.33. The molecule has 2 N–H and O–H groups in total. The fourth-order valence-corrected chi connectivity index (χ4v) is 1.01. The highest BCUT2D eigenvalue weighted by molar-refractivity contribution is 5.98. The minimum Gasteiger partial charge on any atom is -0.480 e. The van der Waals surface area contributed by atoms with Gasteiger partial charge < -0.3 is 14.9 Å². The van der Waals surface area contributed by atoms with E-state index in [4.69, 9.17) is 5.11 Å². The Hall–Kier alpha value is -2.06. The highest BCUT2D eigenvalue weighted by Crippen LogP contribution is 2.30. The van der Waals surface area contributed by atoms with Crippen LogP contribution in [0.25, 0.3) is 0 Å². The van der Waals surface area contributed by atoms with Crippen molar-refractivity contribution >= 4 is 11.9 Å². The first-order valence-electron chi connectivity index (χ1n) is 4.63. The van der Waals surface area contributed by atoms with E-state index in [2.05, 4.69) is 9.68 Å². The molecule has 18 heavy (non-hydrogen) atoms. The molecule has 1 aromatic rings. The van der Waals surface area contributed by atoms with E-state index < -0.39 is 34.8 Å². The molecule has 0 aliphatic rings. The fraction of sp³-hybridized carbons (Fsp3) is 0.444. The molecule has 1 heterocycles. The molecule has 1 amide bonds. The molecule has 0 fully saturated rings. The number of carbonyl (C=O) groups excluding carboxylic acids is 1. The number of rotatable bonds is 3. The Balaban J connectivity index is 3.00. The lowest BCUT2D eigenvalue weighted by atomic mass is 10.1. The maximum Gasteiger partial charge on any atom is 0.437 e. The lowest BCUT2D eigenvalue weighted by Gasteiger charge is -2.20. The SMILES string of the molecule is CC(C)(NC(=O)c1conc1C(F)(F)F)C(=O)O. The first-order chi connectivity index (χ1) is 8.05. The number of amides is 1. The normalized spacial score (nSPS) is 12.3. The van der Waals surface area contributed by atoms with E-state index >= 15 is 0 Å². The number of nitrogens with one attached hydrogen (secondary N) is 1. The Labute approximate surface area is 98.8 Å². The number of hydrogen-bond acceptors (Lipinski definition) is 4. The van der Waals surface area contributed by atoms with Crippen molar-refractivity contribution < 1.29 is 32.4 Å². The monoisotopic (exact) mass is 266 g/mol. The quantitative estimate of drug-likeness (QED) is 0.859. The van der Waals surface area contributed by atoms with E-state index in [-0.39, 0.29) is 0 Å². The summed E-state index contributed by atoms with van der Waals surface area (Å²) in [4.78, 5) is 22.3. The second-order valence-corrected chi connectivity index (χ2v) is 3.96. The molecule has 6 nitrogen and oxygen atoms in total. The first kappa shape index (κ1) is 14.0. The molecule has 0 aliphatic heterocycles. The number of aliphatic carboxylic acids is 1. The van der Waals surface area contributed by atoms with Crippen LogP contribution in [0.1, 0.15) is 29.9 Å². The van der Waals surface area contributed by atoms with Crippen LogP contribution in [0.4, 0.5) is 13.2 Å². The first-order valence-corrected chi connectivity index (χ1v) is 4.63. The Bertz CT molecular complexity index is 478. The number of hydrogen-bond donors (Lipinski definition) is 2. The van der Waals surface area contributed by atoms with Gasteiger partial charge in [-0.1, -0.05) is 5.16 Å². The summed E-state index contributed by atoms with van der Waals surface area (Å²) >= 11 is 0. The van der Waals surface area contributed by atoms with Crippen molar-refractivity contribution in [2.75, 3.05) is 0 Å². The van der Waals surface area contributed by atoms with Crippen molar-refractivity contribution in [3.05, 3.63) is 17.5 Å². The molecule has 0 unspecified atom stereocenters. The number of carboxylic acid groups (broad SMARTS) is 1. The number of aromatic nitrogens is 1. The molecule has 1 rings (SSSR count). The van der Waals surface area contributed by atoms with Crippen molar-refractivity contribution in [2.45, 2.75) is 25.6 Å². The predicted molar refractivity (Wildman–Crippen MR) is 50.7 cm³/mol. The van der Waals surface area contributed by atoms with Crippen LogP contribution in [0, 0.1) is 0 Å². The van der Waals surface area contributed by atoms with E-state index in [1.807, 2.05) is 5.32 Å². The summed E-state index contributed by atoms with van der Waals surface area (Å²) in [5.74, 6) is -2.61. The van der Waals surface area contributed by atoms with Crippen LogP contribution in [-0.2, 0) is 11.0 Å². The van der Waals surface area contributed by atoms with Gasteiger partial charge in [0.1, 0.15) is 17.4 Å². The number of alkyl halides is 3. The number of carboxylic acids is 1. The van der Waals surface area contributed by atoms with Gasteiger partial charge in [0.25, 0.3) is 5.91 Å². The summed E-state index contributed by atoms with van der Waals surface area (Å²) in [6, 6.07) is 0. The third-order valence-corrected chi connectivity index (χ3v) is 2.04. The number of carbonyl (C=O) groups is 2. The van der Waals surface area contributed by atoms with E-state index in [9.17, 15) is 22.8 Å². The summed E-state index contributed by atoms with van der Waals surface area (Å²) in [5.41, 5.74) is -4.07. The maximum atomic E-state index is 12.4. The van der Waals surface area contributed by atoms with Gasteiger partial charge in [0.2, 0.25) is 0 Å². The molecule has 0 aliphatic carbocycles. The molecule has 0 saturated heterocycles. The predicted octanol–water partition coefficient (Wildman–Crippen LogP) is 1.29. The van der Waals surface area contributed by atoms with Gasteiger partial charge >= 0.3 is 12.1 Å². The molecule has 9 heteroatoms. The average molecular weight is 266 g/mol. The minimum atomic E-state index is -4.85. The maximum absolute atomic E-state index is 12.4. The van der Waals surface area contributed by atoms with Crippen molar-refractivity contribution in [3.8, 4) is 0 Å². The second kappa shape index (κ2) is 4.31. The summed E-state index contributed by atoms with van der Waals surface area (Å²) < 4.78 is 41.3. The van der Waals surface area contributed by atoms with Gasteiger partial charge in [0.05, 0.1) is 0 Å². The molecule has 0 saturated carbocycles. The zero-order chi connectivity index (χ0) is 14.1. The van der Waals surface area contributed by atoms with Crippen molar-refractivity contribution in [1.29, 1.82) is 0 Å². The Morgan fingerprint density at radius 2 is 1.94 bits per heavy atom. The second-order valence-electron chi connectivity index (χ2n) is 3.96. The van der Waals surface area contributed by atoms with Crippen molar-refractivity contribution in [2.24, 2.45) is 0 Å². The largest absolute Gasteiger partial charge is 0.480 e. The number of nitrogens with zero attached hydrogens (tertiary/aromatic N) is 1. The Morgan fingerprint density at radius 3 is 2.39 bits per heavy atom. The molecular weight excluding hydrogens is 257 g/mol. The van der Waals surface area contributed by atoms with Crippen molar-refractivity contribution in [1.82, 2.24) is 10.5 Å². The molecule has 1 aromatic heterocycles. The summed E-state index contributed by atoms with van der Waals surface area (Å²) in [5, 5.41) is 13.3. The smallest absolute Gasteiger partial charge is 0.437 e. The molecule has 0 aromatic carbocycles. The summed E-state index contributed by atoms with van der Waals surface area (Å²) in [7, 11) is 0. The van der Waals surface area contributed by atoms with Crippen molar-refractivity contribution in [3.63, 3.8) is 0 Å². The lowest BCUT2D eigenvalue weighted by molar-refractivity contribution is -0.143. The van der Waals surface area contributed by atoms with Gasteiger partial charge in [-0.2, -0.15) is 13.2 Å². The van der Waals surface area contributed by atoms with Gasteiger partial charge in [-0.3, -0.25) is 4.79 Å². The number of halogens is 3. The molecular formula is C9H9F3N2O4. The van der Waals surface area contributed by atoms with Gasteiger partial charge in [-0.05, 0) is 13.8 Å². The fourth-order valence-electron chi connectivity index (χ4n) is 1.01. The van der Waals surface area contributed by atoms with Gasteiger partial charge in [-0.15, -0.1) is 0 Å². The molecule has 0 bridgehead atoms. The Morgan fingerprint density at radius 1 is 1.39 bits per heavy atom. The highest BCUT2D eigenvalue weighted by atomic mass is 19.4. The summed E-state index contributed by atoms with van der Waals surface area (Å²) in [6.45, 7) is 2.27. The topological polar surface area (TPSA) is 92.4 Å². The van der Waals surface area contributed by atoms with Crippen LogP contribution in [0.5, 0.6) is 0 Å². The molecule has 0 spiro atoms. The standard InChI is InChI=1S/C9H9F3N2O4/c1-8(2,7(16)17)13-6(15)4-3-18-14-5(4)9(10,11)12/h3H,1-2H3,(H,13,15)(H,16,17). The minimum absolute atomic E-state index is 0.510. The summed E-state index contributed by atoms with van der Waals surface area (Å²) in [6.07, 6.45) is -4.34. The van der Waals surface area contributed by atoms with Crippen LogP contribution < -0.4 is 5.32 Å². The average Bonchev–Trinajstić information content (AvgIpc) is 2.63. The van der Waals surface area contributed by atoms with Crippen LogP contribution in [0.3, 0.4) is 0 Å². The molecule has 100 valence electrons. The van der Waals surface area contributed by atoms with E-state index in [0.717, 1.165) is 13.8 Å². The third-order valence-electron chi connectivity index (χ3n) is 2.04.